The zero-order valence-corrected chi connectivity index (χ0v) is 12.3. The van der Waals surface area contributed by atoms with Crippen LogP contribution in [0.4, 0.5) is 0 Å². The van der Waals surface area contributed by atoms with Gasteiger partial charge >= 0.3 is 0 Å². The molecule has 90 valence electrons. The quantitative estimate of drug-likeness (QED) is 0.805. The van der Waals surface area contributed by atoms with Gasteiger partial charge < -0.3 is 10.1 Å². The Balaban J connectivity index is 2.49. The molecule has 0 aromatic heterocycles. The van der Waals surface area contributed by atoms with Crippen molar-refractivity contribution in [1.82, 2.24) is 5.32 Å². The molecule has 0 aliphatic carbocycles. The molecule has 0 fully saturated rings. The van der Waals surface area contributed by atoms with Crippen LogP contribution in [-0.4, -0.2) is 18.7 Å². The molecule has 0 heterocycles. The fourth-order valence-electron chi connectivity index (χ4n) is 1.37. The van der Waals surface area contributed by atoms with Gasteiger partial charge in [-0.3, -0.25) is 0 Å². The number of benzene rings is 1. The van der Waals surface area contributed by atoms with Crippen LogP contribution < -0.4 is 10.1 Å². The first kappa shape index (κ1) is 13.8. The van der Waals surface area contributed by atoms with Crippen molar-refractivity contribution >= 4 is 22.6 Å². The number of ether oxygens (including phenoxy) is 1. The Morgan fingerprint density at radius 2 is 2.12 bits per heavy atom. The monoisotopic (exact) mass is 333 g/mol. The molecule has 1 aromatic carbocycles. The standard InChI is InChI=1S/C13H20INO/c1-4-12(9-15-10(2)3)16-13-7-5-6-11(14)8-13/h5-8,10,12,15H,4,9H2,1-3H3. The average Bonchev–Trinajstić information content (AvgIpc) is 2.24. The molecule has 3 heteroatoms. The number of rotatable bonds is 6. The highest BCUT2D eigenvalue weighted by atomic mass is 127. The lowest BCUT2D eigenvalue weighted by Gasteiger charge is -2.19. The third kappa shape index (κ3) is 5.16. The van der Waals surface area contributed by atoms with Gasteiger partial charge in [0.05, 0.1) is 0 Å². The van der Waals surface area contributed by atoms with Crippen molar-refractivity contribution in [2.45, 2.75) is 39.3 Å². The molecule has 0 spiro atoms. The van der Waals surface area contributed by atoms with E-state index in [0.717, 1.165) is 18.7 Å². The van der Waals surface area contributed by atoms with Crippen LogP contribution in [0.25, 0.3) is 0 Å². The van der Waals surface area contributed by atoms with Crippen LogP contribution in [0.5, 0.6) is 5.75 Å². The summed E-state index contributed by atoms with van der Waals surface area (Å²) in [7, 11) is 0. The number of halogens is 1. The van der Waals surface area contributed by atoms with Crippen LogP contribution in [0.3, 0.4) is 0 Å². The minimum atomic E-state index is 0.251. The van der Waals surface area contributed by atoms with E-state index in [1.165, 1.54) is 3.57 Å². The van der Waals surface area contributed by atoms with Crippen molar-refractivity contribution in [3.8, 4) is 5.75 Å². The van der Waals surface area contributed by atoms with Crippen LogP contribution in [0, 0.1) is 3.57 Å². The number of hydrogen-bond acceptors (Lipinski definition) is 2. The van der Waals surface area contributed by atoms with E-state index < -0.39 is 0 Å². The summed E-state index contributed by atoms with van der Waals surface area (Å²) in [6, 6.07) is 8.69. The lowest BCUT2D eigenvalue weighted by molar-refractivity contribution is 0.190. The molecule has 1 unspecified atom stereocenters. The van der Waals surface area contributed by atoms with E-state index in [1.807, 2.05) is 12.1 Å². The third-order valence-electron chi connectivity index (χ3n) is 2.31. The molecule has 0 aliphatic heterocycles. The molecule has 1 N–H and O–H groups in total. The maximum atomic E-state index is 5.93. The lowest BCUT2D eigenvalue weighted by atomic mass is 10.2. The Morgan fingerprint density at radius 1 is 1.38 bits per heavy atom. The van der Waals surface area contributed by atoms with Crippen LogP contribution in [0.2, 0.25) is 0 Å². The largest absolute Gasteiger partial charge is 0.489 e. The second kappa shape index (κ2) is 7.12. The zero-order chi connectivity index (χ0) is 12.0. The van der Waals surface area contributed by atoms with Gasteiger partial charge in [-0.15, -0.1) is 0 Å². The fourth-order valence-corrected chi connectivity index (χ4v) is 1.88. The summed E-state index contributed by atoms with van der Waals surface area (Å²) in [5, 5.41) is 3.40. The Morgan fingerprint density at radius 3 is 2.69 bits per heavy atom. The smallest absolute Gasteiger partial charge is 0.120 e. The van der Waals surface area contributed by atoms with Gasteiger partial charge in [0.1, 0.15) is 11.9 Å². The first-order valence-corrected chi connectivity index (χ1v) is 6.85. The maximum Gasteiger partial charge on any atom is 0.120 e. The zero-order valence-electron chi connectivity index (χ0n) is 10.2. The van der Waals surface area contributed by atoms with Gasteiger partial charge in [-0.05, 0) is 47.2 Å². The molecule has 0 bridgehead atoms. The van der Waals surface area contributed by atoms with Gasteiger partial charge in [0.2, 0.25) is 0 Å². The van der Waals surface area contributed by atoms with Gasteiger partial charge in [-0.1, -0.05) is 26.8 Å². The Hall–Kier alpha value is -0.290. The molecule has 0 aliphatic rings. The van der Waals surface area contributed by atoms with Crippen molar-refractivity contribution < 1.29 is 4.74 Å². The summed E-state index contributed by atoms with van der Waals surface area (Å²) < 4.78 is 7.14. The summed E-state index contributed by atoms with van der Waals surface area (Å²) in [5.74, 6) is 0.962. The predicted octanol–water partition coefficient (Wildman–Crippen LogP) is 3.45. The van der Waals surface area contributed by atoms with Gasteiger partial charge in [-0.2, -0.15) is 0 Å². The van der Waals surface area contributed by atoms with Gasteiger partial charge in [-0.25, -0.2) is 0 Å². The molecule has 0 radical (unpaired) electrons. The predicted molar refractivity (Wildman–Crippen MR) is 77.0 cm³/mol. The fraction of sp³-hybridized carbons (Fsp3) is 0.538. The van der Waals surface area contributed by atoms with Gasteiger partial charge in [0.15, 0.2) is 0 Å². The maximum absolute atomic E-state index is 5.93. The molecule has 1 rings (SSSR count). The van der Waals surface area contributed by atoms with Crippen molar-refractivity contribution in [2.75, 3.05) is 6.54 Å². The van der Waals surface area contributed by atoms with Crippen molar-refractivity contribution in [3.63, 3.8) is 0 Å². The van der Waals surface area contributed by atoms with E-state index in [0.29, 0.717) is 6.04 Å². The Bertz CT molecular complexity index is 315. The summed E-state index contributed by atoms with van der Waals surface area (Å²) >= 11 is 2.30. The Labute approximate surface area is 112 Å². The normalized spacial score (nSPS) is 12.8. The molecular formula is C13H20INO. The topological polar surface area (TPSA) is 21.3 Å². The van der Waals surface area contributed by atoms with Crippen LogP contribution >= 0.6 is 22.6 Å². The second-order valence-electron chi connectivity index (χ2n) is 4.17. The first-order chi connectivity index (χ1) is 7.61. The molecule has 0 amide bonds. The molecule has 0 saturated carbocycles. The highest BCUT2D eigenvalue weighted by molar-refractivity contribution is 14.1. The SMILES string of the molecule is CCC(CNC(C)C)Oc1cccc(I)c1. The van der Waals surface area contributed by atoms with E-state index in [2.05, 4.69) is 60.8 Å². The minimum Gasteiger partial charge on any atom is -0.489 e. The van der Waals surface area contributed by atoms with E-state index in [1.54, 1.807) is 0 Å². The highest BCUT2D eigenvalue weighted by Gasteiger charge is 2.08. The van der Waals surface area contributed by atoms with Gasteiger partial charge in [0, 0.05) is 16.2 Å². The van der Waals surface area contributed by atoms with E-state index in [9.17, 15) is 0 Å². The minimum absolute atomic E-state index is 0.251. The molecule has 2 nitrogen and oxygen atoms in total. The molecular weight excluding hydrogens is 313 g/mol. The summed E-state index contributed by atoms with van der Waals surface area (Å²) in [5.41, 5.74) is 0. The van der Waals surface area contributed by atoms with Crippen LogP contribution in [0.1, 0.15) is 27.2 Å². The van der Waals surface area contributed by atoms with Crippen molar-refractivity contribution in [2.24, 2.45) is 0 Å². The van der Waals surface area contributed by atoms with E-state index in [4.69, 9.17) is 4.74 Å². The van der Waals surface area contributed by atoms with Crippen molar-refractivity contribution in [3.05, 3.63) is 27.8 Å². The lowest BCUT2D eigenvalue weighted by Crippen LogP contribution is -2.34. The molecule has 16 heavy (non-hydrogen) atoms. The number of hydrogen-bond donors (Lipinski definition) is 1. The van der Waals surface area contributed by atoms with Crippen molar-refractivity contribution in [1.29, 1.82) is 0 Å². The highest BCUT2D eigenvalue weighted by Crippen LogP contribution is 2.16. The number of nitrogens with one attached hydrogen (secondary N) is 1. The summed E-state index contributed by atoms with van der Waals surface area (Å²) in [4.78, 5) is 0. The van der Waals surface area contributed by atoms with E-state index >= 15 is 0 Å². The molecule has 0 saturated heterocycles. The van der Waals surface area contributed by atoms with E-state index in [-0.39, 0.29) is 6.10 Å². The van der Waals surface area contributed by atoms with Crippen LogP contribution in [0.15, 0.2) is 24.3 Å². The first-order valence-electron chi connectivity index (χ1n) is 5.77. The second-order valence-corrected chi connectivity index (χ2v) is 5.41. The summed E-state index contributed by atoms with van der Waals surface area (Å²) in [6.07, 6.45) is 1.27. The average molecular weight is 333 g/mol. The van der Waals surface area contributed by atoms with Gasteiger partial charge in [0.25, 0.3) is 0 Å². The third-order valence-corrected chi connectivity index (χ3v) is 2.98. The Kier molecular flexibility index (Phi) is 6.13. The summed E-state index contributed by atoms with van der Waals surface area (Å²) in [6.45, 7) is 7.36. The molecule has 1 atom stereocenters. The molecule has 1 aromatic rings. The van der Waals surface area contributed by atoms with Crippen LogP contribution in [-0.2, 0) is 0 Å².